The summed E-state index contributed by atoms with van der Waals surface area (Å²) in [5, 5.41) is 0. The van der Waals surface area contributed by atoms with Crippen molar-refractivity contribution in [2.75, 3.05) is 32.8 Å². The Bertz CT molecular complexity index is 1050. The van der Waals surface area contributed by atoms with Crippen LogP contribution in [0, 0.1) is 0 Å². The molecule has 36 heavy (non-hydrogen) atoms. The molecule has 5 nitrogen and oxygen atoms in total. The first kappa shape index (κ1) is 26.2. The number of carbonyl (C=O) groups is 2. The molecule has 0 unspecified atom stereocenters. The third-order valence-electron chi connectivity index (χ3n) is 7.59. The molecule has 2 aliphatic heterocycles. The molecule has 2 amide bonds. The van der Waals surface area contributed by atoms with E-state index in [-0.39, 0.29) is 17.7 Å². The monoisotopic (exact) mass is 502 g/mol. The maximum Gasteiger partial charge on any atom is 0.416 e. The maximum absolute atomic E-state index is 13.1. The van der Waals surface area contributed by atoms with Crippen LogP contribution < -0.4 is 0 Å². The standard InChI is InChI=1S/C28H33F3N2O3/c1-3-36-27(14-18-32(19-15-27)20(2)34)24-8-6-23(7-9-24)26(35)33-16-12-22(13-17-33)21-4-10-25(11-5-21)28(29,30)31/h4-11,22H,3,12-19H2,1-2H3. The minimum Gasteiger partial charge on any atom is -0.370 e. The molecule has 8 heteroatoms. The lowest BCUT2D eigenvalue weighted by atomic mass is 9.83. The van der Waals surface area contributed by atoms with Crippen LogP contribution in [0.25, 0.3) is 0 Å². The summed E-state index contributed by atoms with van der Waals surface area (Å²) in [6.07, 6.45) is -1.47. The first-order chi connectivity index (χ1) is 17.1. The van der Waals surface area contributed by atoms with Gasteiger partial charge in [-0.15, -0.1) is 0 Å². The SMILES string of the molecule is CCOC1(c2ccc(C(=O)N3CCC(c4ccc(C(F)(F)F)cc4)CC3)cc2)CCN(C(C)=O)CC1. The van der Waals surface area contributed by atoms with Crippen LogP contribution in [-0.2, 0) is 21.3 Å². The van der Waals surface area contributed by atoms with E-state index in [9.17, 15) is 22.8 Å². The first-order valence-electron chi connectivity index (χ1n) is 12.6. The van der Waals surface area contributed by atoms with Gasteiger partial charge in [-0.05, 0) is 73.9 Å². The quantitative estimate of drug-likeness (QED) is 0.535. The van der Waals surface area contributed by atoms with E-state index in [1.54, 1.807) is 19.1 Å². The minimum atomic E-state index is -4.34. The fourth-order valence-electron chi connectivity index (χ4n) is 5.43. The van der Waals surface area contributed by atoms with Crippen molar-refractivity contribution in [2.45, 2.75) is 57.2 Å². The van der Waals surface area contributed by atoms with Gasteiger partial charge in [0.1, 0.15) is 0 Å². The highest BCUT2D eigenvalue weighted by Gasteiger charge is 2.38. The van der Waals surface area contributed by atoms with Gasteiger partial charge >= 0.3 is 6.18 Å². The lowest BCUT2D eigenvalue weighted by Crippen LogP contribution is -2.46. The number of alkyl halides is 3. The molecule has 0 N–H and O–H groups in total. The summed E-state index contributed by atoms with van der Waals surface area (Å²) in [4.78, 5) is 28.5. The van der Waals surface area contributed by atoms with Gasteiger partial charge in [0.15, 0.2) is 0 Å². The van der Waals surface area contributed by atoms with Gasteiger partial charge in [0.05, 0.1) is 11.2 Å². The van der Waals surface area contributed by atoms with Gasteiger partial charge in [0.25, 0.3) is 5.91 Å². The number of carbonyl (C=O) groups excluding carboxylic acids is 2. The Hall–Kier alpha value is -2.87. The molecule has 2 saturated heterocycles. The summed E-state index contributed by atoms with van der Waals surface area (Å²) >= 11 is 0. The molecule has 2 fully saturated rings. The zero-order valence-electron chi connectivity index (χ0n) is 20.8. The number of hydrogen-bond acceptors (Lipinski definition) is 3. The number of rotatable bonds is 5. The Morgan fingerprint density at radius 2 is 1.50 bits per heavy atom. The van der Waals surface area contributed by atoms with E-state index in [2.05, 4.69) is 0 Å². The van der Waals surface area contributed by atoms with Crippen molar-refractivity contribution in [1.82, 2.24) is 9.80 Å². The molecule has 0 saturated carbocycles. The van der Waals surface area contributed by atoms with Gasteiger partial charge in [-0.1, -0.05) is 24.3 Å². The number of hydrogen-bond donors (Lipinski definition) is 0. The molecule has 0 radical (unpaired) electrons. The van der Waals surface area contributed by atoms with Crippen LogP contribution in [0.15, 0.2) is 48.5 Å². The smallest absolute Gasteiger partial charge is 0.370 e. The Morgan fingerprint density at radius 3 is 2.00 bits per heavy atom. The van der Waals surface area contributed by atoms with Crippen LogP contribution in [0.2, 0.25) is 0 Å². The molecule has 0 bridgehead atoms. The third kappa shape index (κ3) is 5.59. The number of halogens is 3. The zero-order valence-corrected chi connectivity index (χ0v) is 20.8. The van der Waals surface area contributed by atoms with E-state index >= 15 is 0 Å². The number of benzene rings is 2. The molecule has 2 aromatic carbocycles. The maximum atomic E-state index is 13.1. The van der Waals surface area contributed by atoms with Crippen molar-refractivity contribution in [3.05, 3.63) is 70.8 Å². The second-order valence-corrected chi connectivity index (χ2v) is 9.70. The molecule has 0 aliphatic carbocycles. The summed E-state index contributed by atoms with van der Waals surface area (Å²) in [6, 6.07) is 13.0. The van der Waals surface area contributed by atoms with E-state index in [4.69, 9.17) is 4.74 Å². The van der Waals surface area contributed by atoms with Crippen molar-refractivity contribution in [2.24, 2.45) is 0 Å². The van der Waals surface area contributed by atoms with E-state index in [1.807, 2.05) is 41.0 Å². The first-order valence-corrected chi connectivity index (χ1v) is 12.6. The predicted octanol–water partition coefficient (Wildman–Crippen LogP) is 5.60. The average molecular weight is 503 g/mol. The molecule has 0 aromatic heterocycles. The largest absolute Gasteiger partial charge is 0.416 e. The second-order valence-electron chi connectivity index (χ2n) is 9.70. The van der Waals surface area contributed by atoms with Crippen LogP contribution >= 0.6 is 0 Å². The Kier molecular flexibility index (Phi) is 7.73. The van der Waals surface area contributed by atoms with Gasteiger partial charge in [-0.25, -0.2) is 0 Å². The Labute approximate surface area is 210 Å². The lowest BCUT2D eigenvalue weighted by Gasteiger charge is -2.41. The summed E-state index contributed by atoms with van der Waals surface area (Å²) in [7, 11) is 0. The lowest BCUT2D eigenvalue weighted by molar-refractivity contribution is -0.138. The number of likely N-dealkylation sites (tertiary alicyclic amines) is 2. The molecule has 2 aliphatic rings. The van der Waals surface area contributed by atoms with E-state index in [1.165, 1.54) is 0 Å². The van der Waals surface area contributed by atoms with Gasteiger partial charge < -0.3 is 14.5 Å². The van der Waals surface area contributed by atoms with Crippen molar-refractivity contribution in [3.63, 3.8) is 0 Å². The van der Waals surface area contributed by atoms with E-state index in [0.29, 0.717) is 51.2 Å². The summed E-state index contributed by atoms with van der Waals surface area (Å²) in [5.41, 5.74) is 1.42. The summed E-state index contributed by atoms with van der Waals surface area (Å²) < 4.78 is 44.7. The van der Waals surface area contributed by atoms with Crippen molar-refractivity contribution < 1.29 is 27.5 Å². The number of nitrogens with zero attached hydrogens (tertiary/aromatic N) is 2. The minimum absolute atomic E-state index is 0.0377. The van der Waals surface area contributed by atoms with Crippen LogP contribution in [0.3, 0.4) is 0 Å². The highest BCUT2D eigenvalue weighted by Crippen LogP contribution is 2.37. The molecule has 194 valence electrons. The normalized spacial score (nSPS) is 18.8. The van der Waals surface area contributed by atoms with Gasteiger partial charge in [-0.3, -0.25) is 9.59 Å². The van der Waals surface area contributed by atoms with Crippen LogP contribution in [0.4, 0.5) is 13.2 Å². The summed E-state index contributed by atoms with van der Waals surface area (Å²) in [6.45, 7) is 6.53. The fraction of sp³-hybridized carbons (Fsp3) is 0.500. The molecule has 2 heterocycles. The van der Waals surface area contributed by atoms with E-state index in [0.717, 1.165) is 36.1 Å². The highest BCUT2D eigenvalue weighted by molar-refractivity contribution is 5.94. The molecule has 2 aromatic rings. The highest BCUT2D eigenvalue weighted by atomic mass is 19.4. The van der Waals surface area contributed by atoms with Crippen molar-refractivity contribution in [1.29, 1.82) is 0 Å². The van der Waals surface area contributed by atoms with Gasteiger partial charge in [0.2, 0.25) is 5.91 Å². The molecular weight excluding hydrogens is 469 g/mol. The van der Waals surface area contributed by atoms with Crippen LogP contribution in [-0.4, -0.2) is 54.4 Å². The van der Waals surface area contributed by atoms with Crippen LogP contribution in [0.1, 0.15) is 72.5 Å². The van der Waals surface area contributed by atoms with Crippen molar-refractivity contribution in [3.8, 4) is 0 Å². The Morgan fingerprint density at radius 1 is 0.917 bits per heavy atom. The second kappa shape index (κ2) is 10.6. The molecular formula is C28H33F3N2O3. The zero-order chi connectivity index (χ0) is 25.9. The van der Waals surface area contributed by atoms with Gasteiger partial charge in [0, 0.05) is 45.3 Å². The third-order valence-corrected chi connectivity index (χ3v) is 7.59. The number of ether oxygens (including phenoxy) is 1. The topological polar surface area (TPSA) is 49.9 Å². The van der Waals surface area contributed by atoms with Crippen LogP contribution in [0.5, 0.6) is 0 Å². The fourth-order valence-corrected chi connectivity index (χ4v) is 5.43. The summed E-state index contributed by atoms with van der Waals surface area (Å²) in [5.74, 6) is 0.179. The van der Waals surface area contributed by atoms with E-state index < -0.39 is 17.3 Å². The van der Waals surface area contributed by atoms with Crippen molar-refractivity contribution >= 4 is 11.8 Å². The van der Waals surface area contributed by atoms with Gasteiger partial charge in [-0.2, -0.15) is 13.2 Å². The average Bonchev–Trinajstić information content (AvgIpc) is 2.88. The molecule has 0 spiro atoms. The molecule has 0 atom stereocenters. The number of amides is 2. The molecule has 4 rings (SSSR count). The predicted molar refractivity (Wildman–Crippen MR) is 131 cm³/mol. The Balaban J connectivity index is 1.37. The number of piperidine rings is 2.